The molecule has 0 heterocycles. The van der Waals surface area contributed by atoms with Crippen molar-refractivity contribution < 1.29 is 4.43 Å². The zero-order chi connectivity index (χ0) is 26.9. The van der Waals surface area contributed by atoms with Crippen LogP contribution in [-0.4, -0.2) is 14.4 Å². The Bertz CT molecular complexity index is 889. The van der Waals surface area contributed by atoms with E-state index < -0.39 is 8.32 Å². The molecule has 4 aliphatic rings. The number of hydrogen-bond acceptors (Lipinski definition) is 1. The second kappa shape index (κ2) is 9.39. The molecule has 2 heteroatoms. The van der Waals surface area contributed by atoms with Gasteiger partial charge in [-0.2, -0.15) is 0 Å². The van der Waals surface area contributed by atoms with Gasteiger partial charge in [0.1, 0.15) is 0 Å². The van der Waals surface area contributed by atoms with E-state index in [1.807, 2.05) is 11.1 Å². The highest BCUT2D eigenvalue weighted by molar-refractivity contribution is 6.69. The molecule has 0 aliphatic heterocycles. The summed E-state index contributed by atoms with van der Waals surface area (Å²) in [6.45, 7) is 31.9. The summed E-state index contributed by atoms with van der Waals surface area (Å²) in [6.07, 6.45) is 13.9. The molecule has 0 aromatic rings. The van der Waals surface area contributed by atoms with Crippen LogP contribution in [0.3, 0.4) is 0 Å². The quantitative estimate of drug-likeness (QED) is 0.243. The fraction of sp³-hybridized carbons (Fsp3) is 0.882. The third-order valence-electron chi connectivity index (χ3n) is 12.7. The molecule has 0 unspecified atom stereocenters. The molecule has 1 nitrogen and oxygen atoms in total. The van der Waals surface area contributed by atoms with E-state index in [0.29, 0.717) is 28.3 Å². The van der Waals surface area contributed by atoms with Crippen LogP contribution in [0, 0.1) is 45.3 Å². The highest BCUT2D eigenvalue weighted by Gasteiger charge is 2.63. The fourth-order valence-corrected chi connectivity index (χ4v) is 11.4. The van der Waals surface area contributed by atoms with Crippen molar-refractivity contribution in [2.75, 3.05) is 0 Å². The smallest absolute Gasteiger partial charge is 0.184 e. The standard InChI is InChI=1S/C34H60OSi/c1-23(2)24(3)13-14-25(4)26-17-21-34(9)28-15-16-29-31(5,6)30(35-36(10,11)12)19-20-32(29,7)27(28)18-22-33(26,34)8/h23,25-26,29-30H,3,13-22H2,1-2,4-12H3/t25-,26-,29+,30+,32-,33-,34+/m1/s1. The summed E-state index contributed by atoms with van der Waals surface area (Å²) in [4.78, 5) is 0. The zero-order valence-corrected chi connectivity index (χ0v) is 27.1. The van der Waals surface area contributed by atoms with Gasteiger partial charge in [0.25, 0.3) is 0 Å². The first-order chi connectivity index (χ1) is 16.5. The van der Waals surface area contributed by atoms with Gasteiger partial charge in [0.05, 0.1) is 6.10 Å². The molecule has 0 bridgehead atoms. The van der Waals surface area contributed by atoms with Gasteiger partial charge >= 0.3 is 0 Å². The summed E-state index contributed by atoms with van der Waals surface area (Å²) in [5, 5.41) is 0. The largest absolute Gasteiger partial charge is 0.414 e. The summed E-state index contributed by atoms with van der Waals surface area (Å²) >= 11 is 0. The minimum Gasteiger partial charge on any atom is -0.414 e. The normalized spacial score (nSPS) is 41.1. The Morgan fingerprint density at radius 1 is 0.917 bits per heavy atom. The summed E-state index contributed by atoms with van der Waals surface area (Å²) in [5.74, 6) is 3.04. The molecular weight excluding hydrogens is 452 g/mol. The second-order valence-corrected chi connectivity index (χ2v) is 20.7. The van der Waals surface area contributed by atoms with Crippen molar-refractivity contribution >= 4 is 8.32 Å². The van der Waals surface area contributed by atoms with Crippen LogP contribution in [-0.2, 0) is 4.43 Å². The first-order valence-electron chi connectivity index (χ1n) is 15.6. The first kappa shape index (κ1) is 28.7. The molecule has 4 aliphatic carbocycles. The monoisotopic (exact) mass is 512 g/mol. The van der Waals surface area contributed by atoms with Gasteiger partial charge < -0.3 is 4.43 Å². The molecule has 206 valence electrons. The van der Waals surface area contributed by atoms with Gasteiger partial charge in [0.15, 0.2) is 8.32 Å². The van der Waals surface area contributed by atoms with Gasteiger partial charge in [-0.25, -0.2) is 0 Å². The van der Waals surface area contributed by atoms with E-state index in [0.717, 1.165) is 17.8 Å². The fourth-order valence-electron chi connectivity index (χ4n) is 10.2. The van der Waals surface area contributed by atoms with Crippen LogP contribution in [0.5, 0.6) is 0 Å². The lowest BCUT2D eigenvalue weighted by Gasteiger charge is -2.63. The Hall–Kier alpha value is -0.343. The van der Waals surface area contributed by atoms with Gasteiger partial charge in [-0.05, 0) is 129 Å². The highest BCUT2D eigenvalue weighted by Crippen LogP contribution is 2.72. The topological polar surface area (TPSA) is 9.23 Å². The third-order valence-corrected chi connectivity index (χ3v) is 13.7. The molecule has 0 N–H and O–H groups in total. The van der Waals surface area contributed by atoms with E-state index in [4.69, 9.17) is 4.43 Å². The van der Waals surface area contributed by atoms with Gasteiger partial charge in [0, 0.05) is 0 Å². The Morgan fingerprint density at radius 2 is 1.58 bits per heavy atom. The molecule has 4 rings (SSSR count). The minimum atomic E-state index is -1.54. The first-order valence-corrected chi connectivity index (χ1v) is 19.0. The number of allylic oxidation sites excluding steroid dienone is 3. The zero-order valence-electron chi connectivity index (χ0n) is 26.1. The van der Waals surface area contributed by atoms with E-state index in [-0.39, 0.29) is 5.41 Å². The van der Waals surface area contributed by atoms with E-state index >= 15 is 0 Å². The third kappa shape index (κ3) is 4.47. The molecule has 0 spiro atoms. The van der Waals surface area contributed by atoms with E-state index in [1.165, 1.54) is 69.8 Å². The Labute approximate surface area is 226 Å². The van der Waals surface area contributed by atoms with Crippen molar-refractivity contribution in [3.63, 3.8) is 0 Å². The maximum absolute atomic E-state index is 6.84. The van der Waals surface area contributed by atoms with Crippen LogP contribution < -0.4 is 0 Å². The lowest BCUT2D eigenvalue weighted by atomic mass is 9.43. The lowest BCUT2D eigenvalue weighted by Crippen LogP contribution is -2.56. The second-order valence-electron chi connectivity index (χ2n) is 16.3. The van der Waals surface area contributed by atoms with Crippen LogP contribution >= 0.6 is 0 Å². The molecule has 0 aromatic heterocycles. The average Bonchev–Trinajstić information content (AvgIpc) is 3.04. The maximum atomic E-state index is 6.84. The molecule has 36 heavy (non-hydrogen) atoms. The van der Waals surface area contributed by atoms with Crippen molar-refractivity contribution in [1.29, 1.82) is 0 Å². The van der Waals surface area contributed by atoms with Crippen molar-refractivity contribution in [2.24, 2.45) is 45.3 Å². The molecule has 2 saturated carbocycles. The Balaban J connectivity index is 1.60. The van der Waals surface area contributed by atoms with Crippen LogP contribution in [0.15, 0.2) is 23.3 Å². The maximum Gasteiger partial charge on any atom is 0.184 e. The SMILES string of the molecule is C=C(CC[C@@H](C)[C@H]1CC[C@@]2(C)C3=C(CC[C@]12C)[C@@]1(C)CC[C@H](O[Si](C)(C)C)C(C)(C)[C@@H]1CC3)C(C)C. The van der Waals surface area contributed by atoms with Crippen molar-refractivity contribution in [3.05, 3.63) is 23.3 Å². The summed E-state index contributed by atoms with van der Waals surface area (Å²) in [6, 6.07) is 0. The van der Waals surface area contributed by atoms with Gasteiger partial charge in [-0.3, -0.25) is 0 Å². The lowest BCUT2D eigenvalue weighted by molar-refractivity contribution is -0.0885. The van der Waals surface area contributed by atoms with E-state index in [9.17, 15) is 0 Å². The molecule has 0 aromatic carbocycles. The van der Waals surface area contributed by atoms with Crippen molar-refractivity contribution in [3.8, 4) is 0 Å². The Morgan fingerprint density at radius 3 is 2.19 bits per heavy atom. The predicted molar refractivity (Wildman–Crippen MR) is 160 cm³/mol. The summed E-state index contributed by atoms with van der Waals surface area (Å²) in [7, 11) is -1.54. The van der Waals surface area contributed by atoms with Gasteiger partial charge in [0.2, 0.25) is 0 Å². The van der Waals surface area contributed by atoms with Crippen LogP contribution in [0.4, 0.5) is 0 Å². The molecule has 0 amide bonds. The van der Waals surface area contributed by atoms with Crippen LogP contribution in [0.1, 0.15) is 120 Å². The van der Waals surface area contributed by atoms with Crippen molar-refractivity contribution in [2.45, 2.75) is 145 Å². The van der Waals surface area contributed by atoms with E-state index in [2.05, 4.69) is 81.6 Å². The van der Waals surface area contributed by atoms with Crippen molar-refractivity contribution in [1.82, 2.24) is 0 Å². The highest BCUT2D eigenvalue weighted by atomic mass is 28.4. The molecule has 0 radical (unpaired) electrons. The summed E-state index contributed by atoms with van der Waals surface area (Å²) in [5.41, 5.74) is 6.79. The number of rotatable bonds is 7. The van der Waals surface area contributed by atoms with Crippen LogP contribution in [0.2, 0.25) is 19.6 Å². The predicted octanol–water partition coefficient (Wildman–Crippen LogP) is 10.6. The minimum absolute atomic E-state index is 0.263. The molecule has 0 saturated heterocycles. The molecule has 7 atom stereocenters. The summed E-state index contributed by atoms with van der Waals surface area (Å²) < 4.78 is 6.84. The van der Waals surface area contributed by atoms with Gasteiger partial charge in [-0.1, -0.05) is 78.7 Å². The van der Waals surface area contributed by atoms with E-state index in [1.54, 1.807) is 0 Å². The molecular formula is C34H60OSi. The number of hydrogen-bond donors (Lipinski definition) is 0. The Kier molecular flexibility index (Phi) is 7.48. The molecule has 2 fully saturated rings. The van der Waals surface area contributed by atoms with Gasteiger partial charge in [-0.15, -0.1) is 0 Å². The van der Waals surface area contributed by atoms with Crippen LogP contribution in [0.25, 0.3) is 0 Å². The average molecular weight is 513 g/mol. The number of fused-ring (bicyclic) bond motifs is 4.